The van der Waals surface area contributed by atoms with E-state index in [9.17, 15) is 0 Å². The Balaban J connectivity index is 2.58. The number of hydrogen-bond acceptors (Lipinski definition) is 4. The summed E-state index contributed by atoms with van der Waals surface area (Å²) >= 11 is 4.23. The topological polar surface area (TPSA) is 27.0 Å². The highest BCUT2D eigenvalue weighted by Gasteiger charge is 2.14. The van der Waals surface area contributed by atoms with Crippen LogP contribution in [0.15, 0.2) is 10.5 Å². The minimum atomic E-state index is 0.879. The molecule has 0 radical (unpaired) electrons. The molecule has 1 heterocycles. The van der Waals surface area contributed by atoms with Crippen LogP contribution >= 0.6 is 22.5 Å². The molecule has 1 fully saturated rings. The average Bonchev–Trinajstić information content (AvgIpc) is 2.21. The Labute approximate surface area is 88.8 Å². The molecule has 0 bridgehead atoms. The van der Waals surface area contributed by atoms with Crippen LogP contribution in [0.5, 0.6) is 0 Å². The summed E-state index contributed by atoms with van der Waals surface area (Å²) in [6.45, 7) is 3.91. The average molecular weight is 214 g/mol. The number of rotatable bonds is 2. The largest absolute Gasteiger partial charge is 0.310 e. The van der Waals surface area contributed by atoms with Gasteiger partial charge in [-0.1, -0.05) is 23.3 Å². The maximum Gasteiger partial charge on any atom is 0.179 e. The number of nitriles is 1. The van der Waals surface area contributed by atoms with E-state index < -0.39 is 0 Å². The van der Waals surface area contributed by atoms with Gasteiger partial charge in [0.15, 0.2) is 6.19 Å². The van der Waals surface area contributed by atoms with Gasteiger partial charge in [-0.15, -0.1) is 11.7 Å². The van der Waals surface area contributed by atoms with E-state index in [0.29, 0.717) is 0 Å². The van der Waals surface area contributed by atoms with Crippen molar-refractivity contribution < 1.29 is 0 Å². The first-order valence-corrected chi connectivity index (χ1v) is 6.35. The third kappa shape index (κ3) is 2.85. The summed E-state index contributed by atoms with van der Waals surface area (Å²) in [4.78, 5) is 3.21. The normalized spacial score (nSPS) is 17.0. The molecule has 13 heavy (non-hydrogen) atoms. The molecule has 1 aliphatic rings. The van der Waals surface area contributed by atoms with Crippen molar-refractivity contribution in [3.63, 3.8) is 0 Å². The monoisotopic (exact) mass is 214 g/mol. The van der Waals surface area contributed by atoms with Gasteiger partial charge in [0.1, 0.15) is 0 Å². The zero-order valence-corrected chi connectivity index (χ0v) is 9.50. The Morgan fingerprint density at radius 2 is 2.23 bits per heavy atom. The van der Waals surface area contributed by atoms with Crippen molar-refractivity contribution >= 4 is 22.5 Å². The summed E-state index contributed by atoms with van der Waals surface area (Å²) in [5.41, 5.74) is 1.49. The molecule has 0 aliphatic carbocycles. The smallest absolute Gasteiger partial charge is 0.179 e. The van der Waals surface area contributed by atoms with E-state index in [1.54, 1.807) is 10.8 Å². The number of allylic oxidation sites excluding steroid dienone is 1. The van der Waals surface area contributed by atoms with Crippen LogP contribution in [0, 0.1) is 11.5 Å². The van der Waals surface area contributed by atoms with Crippen molar-refractivity contribution in [3.8, 4) is 6.19 Å². The molecule has 0 aromatic rings. The maximum absolute atomic E-state index is 8.67. The first kappa shape index (κ1) is 10.8. The highest BCUT2D eigenvalue weighted by molar-refractivity contribution is 8.70. The quantitative estimate of drug-likeness (QED) is 0.435. The second-order valence-corrected chi connectivity index (χ2v) is 4.28. The van der Waals surface area contributed by atoms with E-state index in [4.69, 9.17) is 5.26 Å². The molecule has 1 saturated heterocycles. The van der Waals surface area contributed by atoms with Gasteiger partial charge in [-0.05, 0) is 24.2 Å². The van der Waals surface area contributed by atoms with Crippen molar-refractivity contribution in [1.29, 1.82) is 5.26 Å². The third-order valence-corrected chi connectivity index (χ3v) is 3.79. The highest BCUT2D eigenvalue weighted by atomic mass is 33.1. The van der Waals surface area contributed by atoms with Gasteiger partial charge in [0, 0.05) is 13.1 Å². The SMILES string of the molecule is CCC(SS)=C1CCN(C#N)CC1. The van der Waals surface area contributed by atoms with Gasteiger partial charge in [0.05, 0.1) is 0 Å². The van der Waals surface area contributed by atoms with E-state index in [1.807, 2.05) is 4.90 Å². The summed E-state index contributed by atoms with van der Waals surface area (Å²) in [6, 6.07) is 0. The van der Waals surface area contributed by atoms with E-state index in [1.165, 1.54) is 10.5 Å². The van der Waals surface area contributed by atoms with Crippen molar-refractivity contribution in [3.05, 3.63) is 10.5 Å². The zero-order valence-electron chi connectivity index (χ0n) is 7.79. The van der Waals surface area contributed by atoms with E-state index in [2.05, 4.69) is 24.8 Å². The zero-order chi connectivity index (χ0) is 9.68. The van der Waals surface area contributed by atoms with Crippen LogP contribution in [-0.2, 0) is 0 Å². The molecule has 0 spiro atoms. The Bertz CT molecular complexity index is 226. The van der Waals surface area contributed by atoms with Crippen molar-refractivity contribution in [1.82, 2.24) is 4.90 Å². The summed E-state index contributed by atoms with van der Waals surface area (Å²) in [7, 11) is 1.56. The molecule has 0 aromatic heterocycles. The number of thiol groups is 1. The van der Waals surface area contributed by atoms with Gasteiger partial charge in [0.2, 0.25) is 0 Å². The number of likely N-dealkylation sites (tertiary alicyclic amines) is 1. The second kappa shape index (κ2) is 5.46. The van der Waals surface area contributed by atoms with Crippen LogP contribution in [0.3, 0.4) is 0 Å². The van der Waals surface area contributed by atoms with E-state index in [-0.39, 0.29) is 0 Å². The van der Waals surface area contributed by atoms with Crippen molar-refractivity contribution in [2.24, 2.45) is 0 Å². The molecule has 4 heteroatoms. The molecule has 1 aliphatic heterocycles. The van der Waals surface area contributed by atoms with Crippen LogP contribution in [0.25, 0.3) is 0 Å². The molecule has 0 amide bonds. The predicted molar refractivity (Wildman–Crippen MR) is 60.3 cm³/mol. The lowest BCUT2D eigenvalue weighted by Gasteiger charge is -2.24. The number of nitrogens with zero attached hydrogens (tertiary/aromatic N) is 2. The van der Waals surface area contributed by atoms with E-state index in [0.717, 1.165) is 32.4 Å². The molecule has 0 N–H and O–H groups in total. The van der Waals surface area contributed by atoms with Gasteiger partial charge in [-0.3, -0.25) is 0 Å². The minimum Gasteiger partial charge on any atom is -0.310 e. The Kier molecular flexibility index (Phi) is 4.54. The Morgan fingerprint density at radius 3 is 2.62 bits per heavy atom. The fraction of sp³-hybridized carbons (Fsp3) is 0.667. The first-order chi connectivity index (χ1) is 6.31. The molecule has 0 unspecified atom stereocenters. The molecule has 1 rings (SSSR count). The van der Waals surface area contributed by atoms with E-state index >= 15 is 0 Å². The van der Waals surface area contributed by atoms with Crippen LogP contribution in [0.1, 0.15) is 26.2 Å². The highest BCUT2D eigenvalue weighted by Crippen LogP contribution is 2.31. The third-order valence-electron chi connectivity index (χ3n) is 2.33. The fourth-order valence-corrected chi connectivity index (χ4v) is 2.77. The Hall–Kier alpha value is -0.270. The molecule has 0 aromatic carbocycles. The standard InChI is InChI=1S/C9H14N2S2/c1-2-9(13-12)8-3-5-11(7-10)6-4-8/h12H,2-6H2,1H3. The summed E-state index contributed by atoms with van der Waals surface area (Å²) in [6.07, 6.45) is 5.31. The van der Waals surface area contributed by atoms with Gasteiger partial charge in [0.25, 0.3) is 0 Å². The Morgan fingerprint density at radius 1 is 1.62 bits per heavy atom. The molecule has 2 nitrogen and oxygen atoms in total. The van der Waals surface area contributed by atoms with Crippen LogP contribution in [-0.4, -0.2) is 18.0 Å². The summed E-state index contributed by atoms with van der Waals surface area (Å²) < 4.78 is 0. The molecule has 0 saturated carbocycles. The van der Waals surface area contributed by atoms with Gasteiger partial charge >= 0.3 is 0 Å². The van der Waals surface area contributed by atoms with Crippen LogP contribution in [0.2, 0.25) is 0 Å². The fourth-order valence-electron chi connectivity index (χ4n) is 1.53. The molecule has 0 atom stereocenters. The number of hydrogen-bond donors (Lipinski definition) is 1. The van der Waals surface area contributed by atoms with Crippen molar-refractivity contribution in [2.75, 3.05) is 13.1 Å². The van der Waals surface area contributed by atoms with Crippen LogP contribution in [0.4, 0.5) is 0 Å². The molecular formula is C9H14N2S2. The first-order valence-electron chi connectivity index (χ1n) is 4.48. The predicted octanol–water partition coefficient (Wildman–Crippen LogP) is 2.81. The maximum atomic E-state index is 8.67. The minimum absolute atomic E-state index is 0.879. The van der Waals surface area contributed by atoms with Crippen LogP contribution < -0.4 is 0 Å². The molecular weight excluding hydrogens is 200 g/mol. The lowest BCUT2D eigenvalue weighted by Crippen LogP contribution is -2.26. The lowest BCUT2D eigenvalue weighted by atomic mass is 10.0. The van der Waals surface area contributed by atoms with Gasteiger partial charge < -0.3 is 4.90 Å². The number of piperidine rings is 1. The molecule has 72 valence electrons. The summed E-state index contributed by atoms with van der Waals surface area (Å²) in [5, 5.41) is 8.67. The lowest BCUT2D eigenvalue weighted by molar-refractivity contribution is 0.363. The second-order valence-electron chi connectivity index (χ2n) is 3.06. The van der Waals surface area contributed by atoms with Gasteiger partial charge in [-0.2, -0.15) is 5.26 Å². The summed E-state index contributed by atoms with van der Waals surface area (Å²) in [5.74, 6) is 0. The van der Waals surface area contributed by atoms with Crippen molar-refractivity contribution in [2.45, 2.75) is 26.2 Å². The van der Waals surface area contributed by atoms with Gasteiger partial charge in [-0.25, -0.2) is 0 Å².